The molecule has 2 aromatic rings. The first-order valence-electron chi connectivity index (χ1n) is 5.03. The summed E-state index contributed by atoms with van der Waals surface area (Å²) in [5.74, 6) is 1.39. The van der Waals surface area contributed by atoms with Gasteiger partial charge in [-0.2, -0.15) is 0 Å². The quantitative estimate of drug-likeness (QED) is 0.619. The van der Waals surface area contributed by atoms with Crippen LogP contribution >= 0.6 is 34.2 Å². The summed E-state index contributed by atoms with van der Waals surface area (Å²) < 4.78 is 6.44. The smallest absolute Gasteiger partial charge is 0.167 e. The van der Waals surface area contributed by atoms with Crippen LogP contribution in [0.4, 0.5) is 0 Å². The predicted octanol–water partition coefficient (Wildman–Crippen LogP) is 3.62. The van der Waals surface area contributed by atoms with Crippen molar-refractivity contribution in [1.29, 1.82) is 0 Å². The minimum absolute atomic E-state index is 0.321. The Labute approximate surface area is 118 Å². The van der Waals surface area contributed by atoms with E-state index in [0.717, 1.165) is 15.0 Å². The minimum Gasteiger partial charge on any atom is -0.486 e. The molecule has 5 heteroatoms. The summed E-state index contributed by atoms with van der Waals surface area (Å²) in [5.41, 5.74) is 0.872. The molecule has 0 amide bonds. The summed E-state index contributed by atoms with van der Waals surface area (Å²) in [6.07, 6.45) is 0. The van der Waals surface area contributed by atoms with E-state index in [2.05, 4.69) is 32.6 Å². The highest BCUT2D eigenvalue weighted by molar-refractivity contribution is 14.1. The first kappa shape index (κ1) is 12.6. The molecule has 1 aromatic carbocycles. The Kier molecular flexibility index (Phi) is 4.17. The van der Waals surface area contributed by atoms with Gasteiger partial charge in [-0.25, -0.2) is 9.97 Å². The van der Waals surface area contributed by atoms with Gasteiger partial charge in [0.05, 0.1) is 9.26 Å². The third-order valence-electron chi connectivity index (χ3n) is 2.13. The molecule has 0 spiro atoms. The third-order valence-corrected chi connectivity index (χ3v) is 4.02. The number of halogens is 2. The number of rotatable bonds is 3. The van der Waals surface area contributed by atoms with E-state index >= 15 is 0 Å². The highest BCUT2D eigenvalue weighted by atomic mass is 127. The van der Waals surface area contributed by atoms with Gasteiger partial charge in [0.25, 0.3) is 0 Å². The number of ether oxygens (including phenoxy) is 1. The summed E-state index contributed by atoms with van der Waals surface area (Å²) in [6, 6.07) is 9.56. The molecular weight excluding hydrogens is 351 g/mol. The van der Waals surface area contributed by atoms with Crippen LogP contribution in [0.25, 0.3) is 0 Å². The molecule has 88 valence electrons. The zero-order valence-corrected chi connectivity index (χ0v) is 12.1. The van der Waals surface area contributed by atoms with Crippen LogP contribution in [0.3, 0.4) is 0 Å². The molecule has 3 nitrogen and oxygen atoms in total. The SMILES string of the molecule is Cc1nc(COc2ccccc2)nc(Cl)c1I. The van der Waals surface area contributed by atoms with Crippen LogP contribution in [0.2, 0.25) is 5.15 Å². The van der Waals surface area contributed by atoms with Crippen molar-refractivity contribution in [2.24, 2.45) is 0 Å². The Morgan fingerprint density at radius 2 is 1.94 bits per heavy atom. The predicted molar refractivity (Wildman–Crippen MR) is 75.3 cm³/mol. The molecule has 0 aliphatic rings. The van der Waals surface area contributed by atoms with Crippen LogP contribution in [0, 0.1) is 10.5 Å². The van der Waals surface area contributed by atoms with Gasteiger partial charge >= 0.3 is 0 Å². The average molecular weight is 361 g/mol. The van der Waals surface area contributed by atoms with Crippen molar-refractivity contribution in [2.75, 3.05) is 0 Å². The molecule has 17 heavy (non-hydrogen) atoms. The lowest BCUT2D eigenvalue weighted by atomic mass is 10.3. The average Bonchev–Trinajstić information content (AvgIpc) is 2.34. The summed E-state index contributed by atoms with van der Waals surface area (Å²) >= 11 is 8.11. The molecule has 1 heterocycles. The summed E-state index contributed by atoms with van der Waals surface area (Å²) in [7, 11) is 0. The van der Waals surface area contributed by atoms with E-state index in [0.29, 0.717) is 17.6 Å². The standard InChI is InChI=1S/C12H10ClIN2O/c1-8-11(14)12(13)16-10(15-8)7-17-9-5-3-2-4-6-9/h2-6H,7H2,1H3. The van der Waals surface area contributed by atoms with Crippen LogP contribution in [-0.2, 0) is 6.61 Å². The van der Waals surface area contributed by atoms with Gasteiger partial charge < -0.3 is 4.74 Å². The molecule has 0 saturated carbocycles. The van der Waals surface area contributed by atoms with E-state index in [-0.39, 0.29) is 0 Å². The molecule has 0 aliphatic heterocycles. The van der Waals surface area contributed by atoms with Gasteiger partial charge in [-0.15, -0.1) is 0 Å². The van der Waals surface area contributed by atoms with E-state index in [1.165, 1.54) is 0 Å². The zero-order chi connectivity index (χ0) is 12.3. The topological polar surface area (TPSA) is 35.0 Å². The second-order valence-corrected chi connectivity index (χ2v) is 4.87. The van der Waals surface area contributed by atoms with Crippen LogP contribution in [-0.4, -0.2) is 9.97 Å². The number of hydrogen-bond donors (Lipinski definition) is 0. The highest BCUT2D eigenvalue weighted by Gasteiger charge is 2.07. The van der Waals surface area contributed by atoms with Gasteiger partial charge in [0, 0.05) is 0 Å². The van der Waals surface area contributed by atoms with Gasteiger partial charge in [0.1, 0.15) is 17.5 Å². The summed E-state index contributed by atoms with van der Waals surface area (Å²) in [4.78, 5) is 8.49. The van der Waals surface area contributed by atoms with E-state index < -0.39 is 0 Å². The fourth-order valence-corrected chi connectivity index (χ4v) is 1.78. The lowest BCUT2D eigenvalue weighted by Gasteiger charge is -2.07. The van der Waals surface area contributed by atoms with E-state index in [9.17, 15) is 0 Å². The van der Waals surface area contributed by atoms with Gasteiger partial charge in [-0.1, -0.05) is 29.8 Å². The number of benzene rings is 1. The van der Waals surface area contributed by atoms with E-state index in [4.69, 9.17) is 16.3 Å². The van der Waals surface area contributed by atoms with Crippen molar-refractivity contribution in [1.82, 2.24) is 9.97 Å². The minimum atomic E-state index is 0.321. The molecule has 0 saturated heterocycles. The van der Waals surface area contributed by atoms with Crippen molar-refractivity contribution in [3.8, 4) is 5.75 Å². The molecule has 0 atom stereocenters. The Balaban J connectivity index is 2.10. The first-order chi connectivity index (χ1) is 8.16. The van der Waals surface area contributed by atoms with Gasteiger partial charge in [0.2, 0.25) is 0 Å². The maximum absolute atomic E-state index is 5.99. The largest absolute Gasteiger partial charge is 0.486 e. The third kappa shape index (κ3) is 3.29. The lowest BCUT2D eigenvalue weighted by molar-refractivity contribution is 0.295. The fourth-order valence-electron chi connectivity index (χ4n) is 1.31. The zero-order valence-electron chi connectivity index (χ0n) is 9.15. The van der Waals surface area contributed by atoms with E-state index in [1.54, 1.807) is 0 Å². The fraction of sp³-hybridized carbons (Fsp3) is 0.167. The number of aromatic nitrogens is 2. The molecule has 0 bridgehead atoms. The Morgan fingerprint density at radius 1 is 1.24 bits per heavy atom. The van der Waals surface area contributed by atoms with Crippen molar-refractivity contribution in [3.05, 3.63) is 50.6 Å². The maximum atomic E-state index is 5.99. The lowest BCUT2D eigenvalue weighted by Crippen LogP contribution is -2.04. The second-order valence-electron chi connectivity index (χ2n) is 3.43. The Bertz CT molecular complexity index is 496. The number of nitrogens with zero attached hydrogens (tertiary/aromatic N) is 2. The molecule has 2 rings (SSSR count). The number of para-hydroxylation sites is 1. The second kappa shape index (κ2) is 5.64. The first-order valence-corrected chi connectivity index (χ1v) is 6.49. The molecule has 0 aliphatic carbocycles. The van der Waals surface area contributed by atoms with Crippen molar-refractivity contribution >= 4 is 34.2 Å². The normalized spacial score (nSPS) is 10.3. The van der Waals surface area contributed by atoms with Gasteiger partial charge in [0.15, 0.2) is 5.82 Å². The summed E-state index contributed by atoms with van der Waals surface area (Å²) in [6.45, 7) is 2.23. The number of aryl methyl sites for hydroxylation is 1. The van der Waals surface area contributed by atoms with Crippen molar-refractivity contribution in [3.63, 3.8) is 0 Å². The highest BCUT2D eigenvalue weighted by Crippen LogP contribution is 2.19. The molecule has 0 N–H and O–H groups in total. The van der Waals surface area contributed by atoms with Crippen molar-refractivity contribution < 1.29 is 4.74 Å². The van der Waals surface area contributed by atoms with Crippen LogP contribution in [0.5, 0.6) is 5.75 Å². The molecule has 0 fully saturated rings. The Morgan fingerprint density at radius 3 is 2.59 bits per heavy atom. The monoisotopic (exact) mass is 360 g/mol. The maximum Gasteiger partial charge on any atom is 0.167 e. The van der Waals surface area contributed by atoms with Crippen LogP contribution < -0.4 is 4.74 Å². The molecular formula is C12H10ClIN2O. The van der Waals surface area contributed by atoms with Gasteiger partial charge in [-0.05, 0) is 41.6 Å². The number of hydrogen-bond acceptors (Lipinski definition) is 3. The van der Waals surface area contributed by atoms with Crippen molar-refractivity contribution in [2.45, 2.75) is 13.5 Å². The van der Waals surface area contributed by atoms with Crippen LogP contribution in [0.15, 0.2) is 30.3 Å². The van der Waals surface area contributed by atoms with E-state index in [1.807, 2.05) is 37.3 Å². The molecule has 1 aromatic heterocycles. The van der Waals surface area contributed by atoms with Gasteiger partial charge in [-0.3, -0.25) is 0 Å². The Hall–Kier alpha value is -0.880. The summed E-state index contributed by atoms with van der Waals surface area (Å²) in [5, 5.41) is 0.477. The molecule has 0 unspecified atom stereocenters. The van der Waals surface area contributed by atoms with Crippen LogP contribution in [0.1, 0.15) is 11.5 Å². The molecule has 0 radical (unpaired) electrons.